The van der Waals surface area contributed by atoms with Crippen molar-refractivity contribution in [2.45, 2.75) is 18.9 Å². The predicted molar refractivity (Wildman–Crippen MR) is 92.7 cm³/mol. The maximum absolute atomic E-state index is 5.57. The van der Waals surface area contributed by atoms with E-state index in [2.05, 4.69) is 39.8 Å². The van der Waals surface area contributed by atoms with E-state index in [4.69, 9.17) is 21.7 Å². The number of nitrogens with one attached hydrogen (secondary N) is 2. The Bertz CT molecular complexity index is 483. The summed E-state index contributed by atoms with van der Waals surface area (Å²) >= 11 is 5.32. The van der Waals surface area contributed by atoms with Crippen molar-refractivity contribution in [3.05, 3.63) is 24.3 Å². The van der Waals surface area contributed by atoms with Crippen LogP contribution in [0.5, 0.6) is 0 Å². The van der Waals surface area contributed by atoms with Gasteiger partial charge in [0, 0.05) is 37.6 Å². The Balaban J connectivity index is 1.46. The second kappa shape index (κ2) is 7.76. The number of thiocarbonyl (C=S) groups is 1. The van der Waals surface area contributed by atoms with Gasteiger partial charge in [0.15, 0.2) is 5.11 Å². The van der Waals surface area contributed by atoms with Crippen LogP contribution in [0.1, 0.15) is 12.8 Å². The molecular weight excluding hydrogens is 298 g/mol. The molecule has 22 heavy (non-hydrogen) atoms. The minimum atomic E-state index is 0.295. The van der Waals surface area contributed by atoms with E-state index in [1.54, 1.807) is 0 Å². The third-order valence-corrected chi connectivity index (χ3v) is 4.26. The number of nitrogens with zero attached hydrogens (tertiary/aromatic N) is 1. The van der Waals surface area contributed by atoms with Crippen molar-refractivity contribution in [2.24, 2.45) is 0 Å². The van der Waals surface area contributed by atoms with Gasteiger partial charge in [0.25, 0.3) is 0 Å². The highest BCUT2D eigenvalue weighted by molar-refractivity contribution is 7.80. The van der Waals surface area contributed by atoms with Crippen LogP contribution >= 0.6 is 12.2 Å². The smallest absolute Gasteiger partial charge is 0.170 e. The molecule has 120 valence electrons. The zero-order chi connectivity index (χ0) is 15.2. The van der Waals surface area contributed by atoms with E-state index in [1.807, 2.05) is 0 Å². The van der Waals surface area contributed by atoms with Gasteiger partial charge in [-0.05, 0) is 49.3 Å². The largest absolute Gasteiger partial charge is 0.378 e. The molecule has 0 unspecified atom stereocenters. The molecule has 2 saturated heterocycles. The summed E-state index contributed by atoms with van der Waals surface area (Å²) in [5.41, 5.74) is 2.23. The van der Waals surface area contributed by atoms with Crippen LogP contribution in [0.2, 0.25) is 0 Å². The number of morpholine rings is 1. The second-order valence-electron chi connectivity index (χ2n) is 5.62. The van der Waals surface area contributed by atoms with Crippen LogP contribution in [0.4, 0.5) is 11.4 Å². The van der Waals surface area contributed by atoms with Gasteiger partial charge in [-0.25, -0.2) is 0 Å². The number of ether oxygens (including phenoxy) is 2. The van der Waals surface area contributed by atoms with E-state index in [9.17, 15) is 0 Å². The molecule has 0 aromatic heterocycles. The Morgan fingerprint density at radius 3 is 2.64 bits per heavy atom. The van der Waals surface area contributed by atoms with Crippen molar-refractivity contribution in [1.29, 1.82) is 0 Å². The molecule has 0 amide bonds. The lowest BCUT2D eigenvalue weighted by molar-refractivity contribution is 0.114. The normalized spacial score (nSPS) is 21.6. The number of anilines is 2. The summed E-state index contributed by atoms with van der Waals surface area (Å²) in [6.07, 6.45) is 2.56. The first-order chi connectivity index (χ1) is 10.8. The molecule has 0 spiro atoms. The lowest BCUT2D eigenvalue weighted by atomic mass is 10.2. The summed E-state index contributed by atoms with van der Waals surface area (Å²) in [7, 11) is 0. The molecule has 0 bridgehead atoms. The fraction of sp³-hybridized carbons (Fsp3) is 0.562. The Hall–Kier alpha value is -1.37. The number of rotatable bonds is 4. The first kappa shape index (κ1) is 15.5. The molecule has 2 N–H and O–H groups in total. The monoisotopic (exact) mass is 321 g/mol. The number of benzene rings is 1. The molecule has 2 fully saturated rings. The minimum Gasteiger partial charge on any atom is -0.378 e. The fourth-order valence-electron chi connectivity index (χ4n) is 2.76. The molecule has 2 aliphatic heterocycles. The van der Waals surface area contributed by atoms with Gasteiger partial charge in [-0.3, -0.25) is 0 Å². The molecule has 2 heterocycles. The molecule has 1 atom stereocenters. The Morgan fingerprint density at radius 1 is 1.18 bits per heavy atom. The molecule has 0 aliphatic carbocycles. The lowest BCUT2D eigenvalue weighted by Gasteiger charge is -2.29. The van der Waals surface area contributed by atoms with E-state index >= 15 is 0 Å². The van der Waals surface area contributed by atoms with E-state index in [0.717, 1.165) is 58.0 Å². The number of hydrogen-bond donors (Lipinski definition) is 2. The van der Waals surface area contributed by atoms with Gasteiger partial charge in [-0.1, -0.05) is 0 Å². The molecular formula is C16H23N3O2S. The average Bonchev–Trinajstić information content (AvgIpc) is 3.08. The van der Waals surface area contributed by atoms with Crippen molar-refractivity contribution in [3.8, 4) is 0 Å². The van der Waals surface area contributed by atoms with Crippen molar-refractivity contribution in [3.63, 3.8) is 0 Å². The highest BCUT2D eigenvalue weighted by Gasteiger charge is 2.15. The number of hydrogen-bond acceptors (Lipinski definition) is 4. The summed E-state index contributed by atoms with van der Waals surface area (Å²) in [5.74, 6) is 0. The van der Waals surface area contributed by atoms with Gasteiger partial charge in [0.1, 0.15) is 0 Å². The summed E-state index contributed by atoms with van der Waals surface area (Å²) in [4.78, 5) is 2.33. The molecule has 3 rings (SSSR count). The van der Waals surface area contributed by atoms with Crippen molar-refractivity contribution >= 4 is 28.7 Å². The van der Waals surface area contributed by atoms with Gasteiger partial charge < -0.3 is 25.0 Å². The van der Waals surface area contributed by atoms with Gasteiger partial charge in [0.05, 0.1) is 19.3 Å². The molecule has 1 aromatic carbocycles. The summed E-state index contributed by atoms with van der Waals surface area (Å²) in [5, 5.41) is 7.08. The zero-order valence-electron chi connectivity index (χ0n) is 12.7. The summed E-state index contributed by atoms with van der Waals surface area (Å²) in [6.45, 7) is 5.16. The van der Waals surface area contributed by atoms with Crippen molar-refractivity contribution in [2.75, 3.05) is 49.7 Å². The SMILES string of the molecule is S=C(NC[C@H]1CCCO1)Nc1ccc(N2CCOCC2)cc1. The lowest BCUT2D eigenvalue weighted by Crippen LogP contribution is -2.36. The van der Waals surface area contributed by atoms with Crippen molar-refractivity contribution < 1.29 is 9.47 Å². The maximum atomic E-state index is 5.57. The van der Waals surface area contributed by atoms with Crippen LogP contribution in [0.15, 0.2) is 24.3 Å². The molecule has 2 aliphatic rings. The second-order valence-corrected chi connectivity index (χ2v) is 6.02. The van der Waals surface area contributed by atoms with Crippen LogP contribution in [-0.2, 0) is 9.47 Å². The van der Waals surface area contributed by atoms with Gasteiger partial charge in [-0.15, -0.1) is 0 Å². The molecule has 1 aromatic rings. The zero-order valence-corrected chi connectivity index (χ0v) is 13.5. The topological polar surface area (TPSA) is 45.8 Å². The highest BCUT2D eigenvalue weighted by Crippen LogP contribution is 2.19. The van der Waals surface area contributed by atoms with E-state index in [1.165, 1.54) is 5.69 Å². The third kappa shape index (κ3) is 4.32. The first-order valence-corrected chi connectivity index (χ1v) is 8.31. The van der Waals surface area contributed by atoms with E-state index in [-0.39, 0.29) is 0 Å². The standard InChI is InChI=1S/C16H23N3O2S/c22-16(17-12-15-2-1-9-21-15)18-13-3-5-14(6-4-13)19-7-10-20-11-8-19/h3-6,15H,1-2,7-12H2,(H2,17,18,22)/t15-/m1/s1. The quantitative estimate of drug-likeness (QED) is 0.827. The molecule has 6 heteroatoms. The first-order valence-electron chi connectivity index (χ1n) is 7.90. The van der Waals surface area contributed by atoms with Crippen molar-refractivity contribution in [1.82, 2.24) is 5.32 Å². The van der Waals surface area contributed by atoms with E-state index < -0.39 is 0 Å². The van der Waals surface area contributed by atoms with Crippen LogP contribution in [0.3, 0.4) is 0 Å². The van der Waals surface area contributed by atoms with Crippen LogP contribution in [-0.4, -0.2) is 50.7 Å². The van der Waals surface area contributed by atoms with E-state index in [0.29, 0.717) is 11.2 Å². The predicted octanol–water partition coefficient (Wildman–Crippen LogP) is 1.99. The fourth-order valence-corrected chi connectivity index (χ4v) is 2.97. The van der Waals surface area contributed by atoms with Gasteiger partial charge in [0.2, 0.25) is 0 Å². The Labute approximate surface area is 137 Å². The Kier molecular flexibility index (Phi) is 5.48. The maximum Gasteiger partial charge on any atom is 0.170 e. The molecule has 0 radical (unpaired) electrons. The summed E-state index contributed by atoms with van der Waals surface area (Å²) in [6, 6.07) is 8.36. The minimum absolute atomic E-state index is 0.295. The molecule has 5 nitrogen and oxygen atoms in total. The third-order valence-electron chi connectivity index (χ3n) is 4.02. The average molecular weight is 321 g/mol. The highest BCUT2D eigenvalue weighted by atomic mass is 32.1. The van der Waals surface area contributed by atoms with Gasteiger partial charge >= 0.3 is 0 Å². The van der Waals surface area contributed by atoms with Crippen LogP contribution in [0.25, 0.3) is 0 Å². The van der Waals surface area contributed by atoms with Crippen LogP contribution < -0.4 is 15.5 Å². The van der Waals surface area contributed by atoms with Gasteiger partial charge in [-0.2, -0.15) is 0 Å². The summed E-state index contributed by atoms with van der Waals surface area (Å²) < 4.78 is 10.9. The Morgan fingerprint density at radius 2 is 1.95 bits per heavy atom. The molecule has 0 saturated carbocycles. The van der Waals surface area contributed by atoms with Crippen LogP contribution in [0, 0.1) is 0 Å².